The molecule has 1 aromatic carbocycles. The zero-order chi connectivity index (χ0) is 14.1. The van der Waals surface area contributed by atoms with Crippen LogP contribution in [0.15, 0.2) is 41.2 Å². The average molecular weight is 307 g/mol. The molecule has 0 atom stereocenters. The van der Waals surface area contributed by atoms with E-state index >= 15 is 0 Å². The Hall–Kier alpha value is -2.11. The number of hydrogen-bond donors (Lipinski definition) is 1. The summed E-state index contributed by atoms with van der Waals surface area (Å²) < 4.78 is 5.08. The molecule has 0 spiro atoms. The third-order valence-corrected chi connectivity index (χ3v) is 3.32. The van der Waals surface area contributed by atoms with Crippen molar-refractivity contribution in [3.05, 3.63) is 46.7 Å². The maximum atomic E-state index is 6.21. The molecule has 0 aliphatic heterocycles. The minimum atomic E-state index is 0.182. The van der Waals surface area contributed by atoms with Crippen molar-refractivity contribution in [1.29, 1.82) is 0 Å². The Morgan fingerprint density at radius 2 is 1.95 bits per heavy atom. The summed E-state index contributed by atoms with van der Waals surface area (Å²) in [6.07, 6.45) is 3.14. The number of nitrogen functional groups attached to an aromatic ring is 1. The summed E-state index contributed by atoms with van der Waals surface area (Å²) in [6, 6.07) is 6.90. The van der Waals surface area contributed by atoms with Crippen molar-refractivity contribution < 1.29 is 4.52 Å². The zero-order valence-electron chi connectivity index (χ0n) is 10.0. The molecule has 0 saturated carbocycles. The van der Waals surface area contributed by atoms with Gasteiger partial charge in [0.25, 0.3) is 0 Å². The van der Waals surface area contributed by atoms with Crippen LogP contribution in [0.2, 0.25) is 10.0 Å². The van der Waals surface area contributed by atoms with Gasteiger partial charge >= 0.3 is 0 Å². The van der Waals surface area contributed by atoms with Crippen LogP contribution < -0.4 is 5.73 Å². The molecule has 0 aliphatic carbocycles. The van der Waals surface area contributed by atoms with Gasteiger partial charge in [-0.05, 0) is 18.2 Å². The number of nitrogens with two attached hydrogens (primary N) is 1. The lowest BCUT2D eigenvalue weighted by Gasteiger charge is -2.05. The van der Waals surface area contributed by atoms with E-state index in [-0.39, 0.29) is 5.88 Å². The molecule has 5 nitrogen and oxygen atoms in total. The van der Waals surface area contributed by atoms with Crippen LogP contribution in [-0.2, 0) is 0 Å². The molecular formula is C13H8Cl2N4O. The molecule has 0 fully saturated rings. The van der Waals surface area contributed by atoms with Gasteiger partial charge in [0, 0.05) is 16.1 Å². The maximum absolute atomic E-state index is 6.21. The molecule has 0 aliphatic rings. The second-order valence-electron chi connectivity index (χ2n) is 4.03. The fourth-order valence-corrected chi connectivity index (χ4v) is 2.39. The quantitative estimate of drug-likeness (QED) is 0.781. The van der Waals surface area contributed by atoms with E-state index in [9.17, 15) is 0 Å². The Balaban J connectivity index is 2.22. The van der Waals surface area contributed by atoms with E-state index in [0.29, 0.717) is 26.9 Å². The molecule has 20 heavy (non-hydrogen) atoms. The first-order valence-corrected chi connectivity index (χ1v) is 6.40. The topological polar surface area (TPSA) is 77.8 Å². The largest absolute Gasteiger partial charge is 0.367 e. The van der Waals surface area contributed by atoms with Gasteiger partial charge in [0.15, 0.2) is 0 Å². The number of hydrogen-bond acceptors (Lipinski definition) is 5. The molecule has 2 N–H and O–H groups in total. The monoisotopic (exact) mass is 306 g/mol. The summed E-state index contributed by atoms with van der Waals surface area (Å²) in [5.41, 5.74) is 8.46. The van der Waals surface area contributed by atoms with E-state index in [1.165, 1.54) is 0 Å². The van der Waals surface area contributed by atoms with E-state index in [1.54, 1.807) is 36.7 Å². The predicted molar refractivity (Wildman–Crippen MR) is 77.4 cm³/mol. The van der Waals surface area contributed by atoms with Crippen molar-refractivity contribution >= 4 is 29.1 Å². The fourth-order valence-electron chi connectivity index (χ4n) is 1.88. The summed E-state index contributed by atoms with van der Waals surface area (Å²) in [5.74, 6) is 0.182. The standard InChI is InChI=1S/C13H8Cl2N4O/c14-8-1-2-9(10(15)5-8)11-12(19-20-13(11)16)7-3-4-17-18-6-7/h1-6H,16H2. The minimum Gasteiger partial charge on any atom is -0.367 e. The summed E-state index contributed by atoms with van der Waals surface area (Å²) >= 11 is 12.1. The van der Waals surface area contributed by atoms with E-state index in [2.05, 4.69) is 15.4 Å². The Kier molecular flexibility index (Phi) is 3.30. The summed E-state index contributed by atoms with van der Waals surface area (Å²) in [7, 11) is 0. The first-order valence-electron chi connectivity index (χ1n) is 5.64. The van der Waals surface area contributed by atoms with Crippen LogP contribution in [0.4, 0.5) is 5.88 Å². The van der Waals surface area contributed by atoms with Crippen molar-refractivity contribution in [2.45, 2.75) is 0 Å². The highest BCUT2D eigenvalue weighted by atomic mass is 35.5. The highest BCUT2D eigenvalue weighted by molar-refractivity contribution is 6.36. The van der Waals surface area contributed by atoms with Crippen LogP contribution in [0.1, 0.15) is 0 Å². The van der Waals surface area contributed by atoms with Crippen molar-refractivity contribution in [3.8, 4) is 22.4 Å². The van der Waals surface area contributed by atoms with E-state index < -0.39 is 0 Å². The van der Waals surface area contributed by atoms with Crippen molar-refractivity contribution in [2.24, 2.45) is 0 Å². The number of aromatic nitrogens is 3. The third kappa shape index (κ3) is 2.21. The molecule has 2 aromatic heterocycles. The first kappa shape index (κ1) is 12.9. The van der Waals surface area contributed by atoms with Crippen molar-refractivity contribution in [1.82, 2.24) is 15.4 Å². The second-order valence-corrected chi connectivity index (χ2v) is 4.87. The Labute approximate surface area is 124 Å². The van der Waals surface area contributed by atoms with E-state index in [4.69, 9.17) is 33.5 Å². The van der Waals surface area contributed by atoms with Gasteiger partial charge in [-0.25, -0.2) is 0 Å². The molecule has 100 valence electrons. The smallest absolute Gasteiger partial charge is 0.230 e. The number of nitrogens with zero attached hydrogens (tertiary/aromatic N) is 3. The van der Waals surface area contributed by atoms with Gasteiger partial charge < -0.3 is 10.3 Å². The second kappa shape index (κ2) is 5.11. The Bertz CT molecular complexity index is 758. The molecule has 7 heteroatoms. The van der Waals surface area contributed by atoms with Crippen LogP contribution in [0.25, 0.3) is 22.4 Å². The van der Waals surface area contributed by atoms with Gasteiger partial charge in [0.2, 0.25) is 5.88 Å². The average Bonchev–Trinajstić information content (AvgIpc) is 2.82. The molecule has 0 radical (unpaired) electrons. The van der Waals surface area contributed by atoms with Gasteiger partial charge in [-0.3, -0.25) is 0 Å². The molecule has 2 heterocycles. The summed E-state index contributed by atoms with van der Waals surface area (Å²) in [4.78, 5) is 0. The number of rotatable bonds is 2. The number of benzene rings is 1. The summed E-state index contributed by atoms with van der Waals surface area (Å²) in [5, 5.41) is 12.5. The minimum absolute atomic E-state index is 0.182. The SMILES string of the molecule is Nc1onc(-c2ccnnc2)c1-c1ccc(Cl)cc1Cl. The Morgan fingerprint density at radius 3 is 2.65 bits per heavy atom. The lowest BCUT2D eigenvalue weighted by Crippen LogP contribution is -1.90. The highest BCUT2D eigenvalue weighted by Gasteiger charge is 2.19. The zero-order valence-corrected chi connectivity index (χ0v) is 11.6. The highest BCUT2D eigenvalue weighted by Crippen LogP contribution is 2.40. The van der Waals surface area contributed by atoms with Gasteiger partial charge in [-0.15, -0.1) is 0 Å². The van der Waals surface area contributed by atoms with Crippen molar-refractivity contribution in [2.75, 3.05) is 5.73 Å². The van der Waals surface area contributed by atoms with Gasteiger partial charge in [0.05, 0.1) is 23.0 Å². The fraction of sp³-hybridized carbons (Fsp3) is 0. The molecule has 0 bridgehead atoms. The summed E-state index contributed by atoms with van der Waals surface area (Å²) in [6.45, 7) is 0. The Morgan fingerprint density at radius 1 is 1.10 bits per heavy atom. The van der Waals surface area contributed by atoms with E-state index in [1.807, 2.05) is 0 Å². The lowest BCUT2D eigenvalue weighted by molar-refractivity contribution is 0.439. The number of anilines is 1. The van der Waals surface area contributed by atoms with Crippen LogP contribution in [0.5, 0.6) is 0 Å². The van der Waals surface area contributed by atoms with Gasteiger partial charge in [0.1, 0.15) is 5.69 Å². The predicted octanol–water partition coefficient (Wildman–Crippen LogP) is 3.69. The molecule has 0 saturated heterocycles. The first-order chi connectivity index (χ1) is 9.66. The van der Waals surface area contributed by atoms with Crippen LogP contribution in [0.3, 0.4) is 0 Å². The van der Waals surface area contributed by atoms with Gasteiger partial charge in [-0.2, -0.15) is 10.2 Å². The maximum Gasteiger partial charge on any atom is 0.230 e. The van der Waals surface area contributed by atoms with Crippen LogP contribution in [-0.4, -0.2) is 15.4 Å². The van der Waals surface area contributed by atoms with Crippen LogP contribution in [0, 0.1) is 0 Å². The third-order valence-electron chi connectivity index (χ3n) is 2.78. The number of halogens is 2. The molecule has 0 amide bonds. The molecule has 3 aromatic rings. The molecular weight excluding hydrogens is 299 g/mol. The molecule has 3 rings (SSSR count). The lowest BCUT2D eigenvalue weighted by atomic mass is 10.0. The normalized spacial score (nSPS) is 10.7. The van der Waals surface area contributed by atoms with Crippen molar-refractivity contribution in [3.63, 3.8) is 0 Å². The van der Waals surface area contributed by atoms with Crippen LogP contribution >= 0.6 is 23.2 Å². The van der Waals surface area contributed by atoms with Gasteiger partial charge in [-0.1, -0.05) is 34.4 Å². The van der Waals surface area contributed by atoms with E-state index in [0.717, 1.165) is 5.56 Å². The molecule has 0 unspecified atom stereocenters.